The van der Waals surface area contributed by atoms with E-state index < -0.39 is 10.1 Å². The van der Waals surface area contributed by atoms with Gasteiger partial charge in [-0.15, -0.1) is 0 Å². The lowest BCUT2D eigenvalue weighted by Crippen LogP contribution is -2.49. The number of hydrogen-bond acceptors (Lipinski definition) is 2. The van der Waals surface area contributed by atoms with Crippen LogP contribution in [0.4, 0.5) is 0 Å². The van der Waals surface area contributed by atoms with Crippen molar-refractivity contribution in [2.75, 3.05) is 19.6 Å². The molecule has 1 aromatic carbocycles. The topological polar surface area (TPSA) is 54.4 Å². The second kappa shape index (κ2) is 30.9. The van der Waals surface area contributed by atoms with Crippen molar-refractivity contribution in [3.05, 3.63) is 29.8 Å². The summed E-state index contributed by atoms with van der Waals surface area (Å²) in [5.41, 5.74) is 0.797. The lowest BCUT2D eigenvalue weighted by atomic mass is 10.0. The predicted molar refractivity (Wildman–Crippen MR) is 210 cm³/mol. The molecule has 1 N–H and O–H groups in total. The lowest BCUT2D eigenvalue weighted by Gasteiger charge is -2.40. The molecule has 0 saturated heterocycles. The van der Waals surface area contributed by atoms with E-state index in [4.69, 9.17) is 0 Å². The Kier molecular flexibility index (Phi) is 29.0. The monoisotopic (exact) mass is 693 g/mol. The van der Waals surface area contributed by atoms with E-state index in [1.165, 1.54) is 193 Å². The van der Waals surface area contributed by atoms with Crippen molar-refractivity contribution in [3.63, 3.8) is 0 Å². The number of nitrogens with zero attached hydrogens (tertiary/aromatic N) is 1. The van der Waals surface area contributed by atoms with Crippen LogP contribution in [0.3, 0.4) is 0 Å². The molecule has 0 heterocycles. The zero-order chi connectivity index (χ0) is 35.0. The van der Waals surface area contributed by atoms with E-state index >= 15 is 0 Å². The summed E-state index contributed by atoms with van der Waals surface area (Å²) in [4.78, 5) is 0.113. The summed E-state index contributed by atoms with van der Waals surface area (Å²) in [6.07, 6.45) is 40.0. The first kappa shape index (κ1) is 45.1. The van der Waals surface area contributed by atoms with Gasteiger partial charge in [0.05, 0.1) is 19.6 Å². The van der Waals surface area contributed by atoms with Gasteiger partial charge in [-0.1, -0.05) is 193 Å². The van der Waals surface area contributed by atoms with E-state index in [9.17, 15) is 13.0 Å². The van der Waals surface area contributed by atoms with Crippen molar-refractivity contribution in [1.82, 2.24) is 0 Å². The van der Waals surface area contributed by atoms with Gasteiger partial charge in [-0.2, -0.15) is 8.42 Å². The van der Waals surface area contributed by atoms with E-state index in [1.54, 1.807) is 12.1 Å². The Bertz CT molecular complexity index is 887. The summed E-state index contributed by atoms with van der Waals surface area (Å²) in [6, 6.07) is 7.24. The van der Waals surface area contributed by atoms with Crippen molar-refractivity contribution < 1.29 is 17.5 Å². The molecule has 5 heteroatoms. The highest BCUT2D eigenvalue weighted by atomic mass is 32.2. The molecule has 0 bridgehead atoms. The Balaban J connectivity index is 2.85. The molecule has 48 heavy (non-hydrogen) atoms. The van der Waals surface area contributed by atoms with Gasteiger partial charge in [0.15, 0.2) is 0 Å². The molecule has 0 aromatic heterocycles. The number of quaternary nitrogens is 1. The molecular weight excluding hydrogens is 611 g/mol. The van der Waals surface area contributed by atoms with Gasteiger partial charge in [0.25, 0.3) is 10.1 Å². The summed E-state index contributed by atoms with van der Waals surface area (Å²) >= 11 is 0. The van der Waals surface area contributed by atoms with Crippen LogP contribution in [0.5, 0.6) is 0 Å². The summed E-state index contributed by atoms with van der Waals surface area (Å²) < 4.78 is 35.9. The van der Waals surface area contributed by atoms with E-state index in [1.807, 2.05) is 12.1 Å². The van der Waals surface area contributed by atoms with Gasteiger partial charge >= 0.3 is 0 Å². The standard InChI is InChI=1S/C43H81NO3S/c1-4-7-10-13-16-19-22-25-28-33-38-44(39-34-29-26-23-20-17-14-11-8-5-2,40-35-30-27-24-21-18-15-12-9-6-3)41-42-36-31-32-37-43(42)48(45,46)47/h31-32,36-37H,4-30,33-35,38-41H2,1-3H3/p+1. The number of benzene rings is 1. The Morgan fingerprint density at radius 1 is 0.438 bits per heavy atom. The molecule has 1 aromatic rings. The number of rotatable bonds is 36. The fourth-order valence-electron chi connectivity index (χ4n) is 7.62. The third-order valence-corrected chi connectivity index (χ3v) is 11.7. The molecule has 4 nitrogen and oxygen atoms in total. The van der Waals surface area contributed by atoms with Gasteiger partial charge < -0.3 is 4.48 Å². The fourth-order valence-corrected chi connectivity index (χ4v) is 8.34. The third-order valence-electron chi connectivity index (χ3n) is 10.7. The Morgan fingerprint density at radius 3 is 1.00 bits per heavy atom. The summed E-state index contributed by atoms with van der Waals surface area (Å²) in [6.45, 7) is 10.9. The minimum absolute atomic E-state index is 0.113. The highest BCUT2D eigenvalue weighted by Crippen LogP contribution is 2.26. The fraction of sp³-hybridized carbons (Fsp3) is 0.860. The van der Waals surface area contributed by atoms with E-state index in [-0.39, 0.29) is 4.90 Å². The second-order valence-corrected chi connectivity index (χ2v) is 16.7. The molecule has 0 aliphatic carbocycles. The maximum absolute atomic E-state index is 12.4. The van der Waals surface area contributed by atoms with Crippen molar-refractivity contribution in [1.29, 1.82) is 0 Å². The van der Waals surface area contributed by atoms with Crippen molar-refractivity contribution in [2.45, 2.75) is 225 Å². The SMILES string of the molecule is CCCCCCCCCCCC[N+](CCCCCCCCCCCC)(CCCCCCCCCCCC)Cc1ccccc1S(=O)(=O)O. The molecule has 0 fully saturated rings. The van der Waals surface area contributed by atoms with E-state index in [2.05, 4.69) is 20.8 Å². The van der Waals surface area contributed by atoms with Crippen LogP contribution in [0.1, 0.15) is 219 Å². The number of hydrogen-bond donors (Lipinski definition) is 1. The average molecular weight is 693 g/mol. The maximum atomic E-state index is 12.4. The van der Waals surface area contributed by atoms with Gasteiger partial charge in [0.2, 0.25) is 0 Å². The molecule has 1 rings (SSSR count). The zero-order valence-electron chi connectivity index (χ0n) is 32.5. The summed E-state index contributed by atoms with van der Waals surface area (Å²) in [5.74, 6) is 0. The molecule has 0 saturated carbocycles. The Morgan fingerprint density at radius 2 is 0.708 bits per heavy atom. The summed E-state index contributed by atoms with van der Waals surface area (Å²) in [5, 5.41) is 0. The Hall–Kier alpha value is -0.910. The lowest BCUT2D eigenvalue weighted by molar-refractivity contribution is -0.941. The van der Waals surface area contributed by atoms with Crippen LogP contribution in [0.25, 0.3) is 0 Å². The molecule has 282 valence electrons. The van der Waals surface area contributed by atoms with E-state index in [0.717, 1.165) is 29.7 Å². The highest BCUT2D eigenvalue weighted by molar-refractivity contribution is 7.85. The normalized spacial score (nSPS) is 12.2. The highest BCUT2D eigenvalue weighted by Gasteiger charge is 2.29. The van der Waals surface area contributed by atoms with Crippen LogP contribution < -0.4 is 0 Å². The third kappa shape index (κ3) is 24.3. The van der Waals surface area contributed by atoms with Crippen molar-refractivity contribution in [2.24, 2.45) is 0 Å². The average Bonchev–Trinajstić information content (AvgIpc) is 3.07. The molecule has 0 atom stereocenters. The molecule has 0 spiro atoms. The first-order chi connectivity index (χ1) is 23.4. The van der Waals surface area contributed by atoms with Crippen molar-refractivity contribution in [3.8, 4) is 0 Å². The van der Waals surface area contributed by atoms with Crippen molar-refractivity contribution >= 4 is 10.1 Å². The Labute approximate surface area is 301 Å². The number of unbranched alkanes of at least 4 members (excludes halogenated alkanes) is 27. The zero-order valence-corrected chi connectivity index (χ0v) is 33.3. The molecule has 0 amide bonds. The van der Waals surface area contributed by atoms with Gasteiger partial charge in [-0.05, 0) is 44.6 Å². The van der Waals surface area contributed by atoms with Gasteiger partial charge in [-0.3, -0.25) is 4.55 Å². The largest absolute Gasteiger partial charge is 0.320 e. The van der Waals surface area contributed by atoms with E-state index in [0.29, 0.717) is 6.54 Å². The van der Waals surface area contributed by atoms with Crippen LogP contribution in [-0.2, 0) is 16.7 Å². The van der Waals surface area contributed by atoms with Crippen LogP contribution in [0, 0.1) is 0 Å². The first-order valence-electron chi connectivity index (χ1n) is 21.3. The summed E-state index contributed by atoms with van der Waals surface area (Å²) in [7, 11) is -4.25. The minimum atomic E-state index is -4.25. The van der Waals surface area contributed by atoms with Gasteiger partial charge in [0, 0.05) is 5.56 Å². The van der Waals surface area contributed by atoms with Crippen LogP contribution >= 0.6 is 0 Å². The van der Waals surface area contributed by atoms with Crippen LogP contribution in [0.2, 0.25) is 0 Å². The first-order valence-corrected chi connectivity index (χ1v) is 22.7. The molecular formula is C43H82NO3S+. The minimum Gasteiger partial charge on any atom is -0.320 e. The quantitative estimate of drug-likeness (QED) is 0.0433. The van der Waals surface area contributed by atoms with Crippen LogP contribution in [0.15, 0.2) is 29.2 Å². The van der Waals surface area contributed by atoms with Gasteiger partial charge in [0.1, 0.15) is 11.4 Å². The maximum Gasteiger partial charge on any atom is 0.295 e. The van der Waals surface area contributed by atoms with Gasteiger partial charge in [-0.25, -0.2) is 0 Å². The van der Waals surface area contributed by atoms with Crippen LogP contribution in [-0.4, -0.2) is 37.1 Å². The smallest absolute Gasteiger partial charge is 0.295 e. The second-order valence-electron chi connectivity index (χ2n) is 15.3. The molecule has 0 unspecified atom stereocenters. The molecule has 0 aliphatic heterocycles. The predicted octanol–water partition coefficient (Wildman–Crippen LogP) is 14.0. The molecule has 0 radical (unpaired) electrons. The molecule has 0 aliphatic rings.